The van der Waals surface area contributed by atoms with Gasteiger partial charge < -0.3 is 10.2 Å². The largest absolute Gasteiger partial charge is 0.333 e. The number of piperazine rings is 1. The summed E-state index contributed by atoms with van der Waals surface area (Å²) in [5.41, 5.74) is 0. The van der Waals surface area contributed by atoms with Crippen LogP contribution in [0.1, 0.15) is 16.6 Å². The molecule has 1 atom stereocenters. The third-order valence-corrected chi connectivity index (χ3v) is 6.43. The highest BCUT2D eigenvalue weighted by atomic mass is 35.5. The Morgan fingerprint density at radius 1 is 1.27 bits per heavy atom. The van der Waals surface area contributed by atoms with E-state index in [9.17, 15) is 4.79 Å². The maximum absolute atomic E-state index is 12.7. The van der Waals surface area contributed by atoms with Crippen molar-refractivity contribution in [2.75, 3.05) is 19.6 Å². The molecule has 3 aromatic rings. The SMILES string of the molecule is C[C@@H]1CNCCN1C(=O)c1cc2sc3ccccc3c2s1.Cl. The van der Waals surface area contributed by atoms with Gasteiger partial charge in [-0.05, 0) is 19.1 Å². The molecule has 116 valence electrons. The summed E-state index contributed by atoms with van der Waals surface area (Å²) >= 11 is 3.41. The lowest BCUT2D eigenvalue weighted by molar-refractivity contribution is 0.0661. The maximum atomic E-state index is 12.7. The normalized spacial score (nSPS) is 18.6. The van der Waals surface area contributed by atoms with E-state index in [0.29, 0.717) is 0 Å². The monoisotopic (exact) mass is 352 g/mol. The molecule has 3 nitrogen and oxygen atoms in total. The fraction of sp³-hybridized carbons (Fsp3) is 0.312. The molecular weight excluding hydrogens is 336 g/mol. The zero-order valence-electron chi connectivity index (χ0n) is 12.2. The van der Waals surface area contributed by atoms with Gasteiger partial charge in [0.1, 0.15) is 0 Å². The van der Waals surface area contributed by atoms with Crippen molar-refractivity contribution in [3.8, 4) is 0 Å². The topological polar surface area (TPSA) is 32.3 Å². The highest BCUT2D eigenvalue weighted by Crippen LogP contribution is 2.39. The molecule has 1 aliphatic heterocycles. The Kier molecular flexibility index (Phi) is 4.41. The molecule has 1 amide bonds. The van der Waals surface area contributed by atoms with Crippen LogP contribution in [-0.4, -0.2) is 36.5 Å². The Hall–Kier alpha value is -1.14. The molecule has 6 heteroatoms. The lowest BCUT2D eigenvalue weighted by Gasteiger charge is -2.33. The summed E-state index contributed by atoms with van der Waals surface area (Å²) in [5, 5.41) is 4.60. The zero-order chi connectivity index (χ0) is 14.4. The third-order valence-electron chi connectivity index (χ3n) is 4.02. The van der Waals surface area contributed by atoms with Crippen molar-refractivity contribution in [3.05, 3.63) is 35.2 Å². The second kappa shape index (κ2) is 6.16. The number of hydrogen-bond donors (Lipinski definition) is 1. The number of nitrogens with one attached hydrogen (secondary N) is 1. The number of rotatable bonds is 1. The first kappa shape index (κ1) is 15.7. The van der Waals surface area contributed by atoms with Gasteiger partial charge in [0.05, 0.1) is 9.58 Å². The summed E-state index contributed by atoms with van der Waals surface area (Å²) in [4.78, 5) is 15.6. The Labute approximate surface area is 143 Å². The molecule has 0 aliphatic carbocycles. The van der Waals surface area contributed by atoms with Gasteiger partial charge in [0.25, 0.3) is 5.91 Å². The van der Waals surface area contributed by atoms with E-state index in [0.717, 1.165) is 24.5 Å². The van der Waals surface area contributed by atoms with Crippen LogP contribution in [0.25, 0.3) is 19.5 Å². The van der Waals surface area contributed by atoms with E-state index in [1.807, 2.05) is 4.90 Å². The molecule has 4 rings (SSSR count). The predicted octanol–water partition coefficient (Wildman–Crippen LogP) is 3.97. The van der Waals surface area contributed by atoms with Gasteiger partial charge in [0.15, 0.2) is 0 Å². The number of halogens is 1. The van der Waals surface area contributed by atoms with Crippen LogP contribution in [0.2, 0.25) is 0 Å². The van der Waals surface area contributed by atoms with Gasteiger partial charge in [-0.2, -0.15) is 0 Å². The van der Waals surface area contributed by atoms with Crippen molar-refractivity contribution in [1.29, 1.82) is 0 Å². The van der Waals surface area contributed by atoms with Crippen LogP contribution >= 0.6 is 35.1 Å². The molecule has 0 radical (unpaired) electrons. The quantitative estimate of drug-likeness (QED) is 0.718. The van der Waals surface area contributed by atoms with Crippen molar-refractivity contribution in [1.82, 2.24) is 10.2 Å². The average Bonchev–Trinajstić information content (AvgIpc) is 3.04. The number of thiophene rings is 2. The van der Waals surface area contributed by atoms with Gasteiger partial charge >= 0.3 is 0 Å². The molecule has 1 aromatic carbocycles. The van der Waals surface area contributed by atoms with Crippen molar-refractivity contribution in [3.63, 3.8) is 0 Å². The Balaban J connectivity index is 0.00000144. The molecule has 22 heavy (non-hydrogen) atoms. The van der Waals surface area contributed by atoms with Crippen LogP contribution < -0.4 is 5.32 Å². The summed E-state index contributed by atoms with van der Waals surface area (Å²) < 4.78 is 3.78. The molecule has 1 aliphatic rings. The van der Waals surface area contributed by atoms with Gasteiger partial charge in [-0.15, -0.1) is 35.1 Å². The number of carbonyl (C=O) groups excluding carboxylic acids is 1. The van der Waals surface area contributed by atoms with Gasteiger partial charge in [-0.1, -0.05) is 18.2 Å². The third kappa shape index (κ3) is 2.52. The molecule has 1 saturated heterocycles. The molecule has 1 N–H and O–H groups in total. The van der Waals surface area contributed by atoms with Crippen LogP contribution in [0.5, 0.6) is 0 Å². The first-order valence-electron chi connectivity index (χ1n) is 7.17. The highest BCUT2D eigenvalue weighted by Gasteiger charge is 2.25. The maximum Gasteiger partial charge on any atom is 0.264 e. The van der Waals surface area contributed by atoms with Crippen LogP contribution in [0.3, 0.4) is 0 Å². The van der Waals surface area contributed by atoms with Crippen LogP contribution in [0.15, 0.2) is 30.3 Å². The minimum atomic E-state index is 0. The van der Waals surface area contributed by atoms with E-state index in [1.165, 1.54) is 19.5 Å². The molecule has 0 unspecified atom stereocenters. The number of benzene rings is 1. The Morgan fingerprint density at radius 2 is 2.09 bits per heavy atom. The van der Waals surface area contributed by atoms with Crippen molar-refractivity contribution in [2.45, 2.75) is 13.0 Å². The summed E-state index contributed by atoms with van der Waals surface area (Å²) in [6.07, 6.45) is 0. The van der Waals surface area contributed by atoms with E-state index >= 15 is 0 Å². The van der Waals surface area contributed by atoms with Crippen molar-refractivity contribution < 1.29 is 4.79 Å². The van der Waals surface area contributed by atoms with Crippen LogP contribution in [0.4, 0.5) is 0 Å². The zero-order valence-corrected chi connectivity index (χ0v) is 14.6. The minimum Gasteiger partial charge on any atom is -0.333 e. The van der Waals surface area contributed by atoms with Gasteiger partial charge in [-0.3, -0.25) is 4.79 Å². The van der Waals surface area contributed by atoms with Crippen molar-refractivity contribution >= 4 is 60.5 Å². The second-order valence-corrected chi connectivity index (χ2v) is 7.59. The number of hydrogen-bond acceptors (Lipinski definition) is 4. The average molecular weight is 353 g/mol. The highest BCUT2D eigenvalue weighted by molar-refractivity contribution is 7.33. The first-order chi connectivity index (χ1) is 10.2. The number of carbonyl (C=O) groups is 1. The number of fused-ring (bicyclic) bond motifs is 3. The molecule has 1 fully saturated rings. The molecule has 3 heterocycles. The fourth-order valence-corrected chi connectivity index (χ4v) is 5.37. The molecule has 0 spiro atoms. The predicted molar refractivity (Wildman–Crippen MR) is 97.8 cm³/mol. The molecular formula is C16H17ClN2OS2. The van der Waals surface area contributed by atoms with E-state index in [-0.39, 0.29) is 24.4 Å². The molecule has 0 saturated carbocycles. The lowest BCUT2D eigenvalue weighted by Crippen LogP contribution is -2.52. The van der Waals surface area contributed by atoms with E-state index in [1.54, 1.807) is 22.7 Å². The number of nitrogens with zero attached hydrogens (tertiary/aromatic N) is 1. The second-order valence-electron chi connectivity index (χ2n) is 5.45. The summed E-state index contributed by atoms with van der Waals surface area (Å²) in [6, 6.07) is 10.8. The first-order valence-corrected chi connectivity index (χ1v) is 8.80. The minimum absolute atomic E-state index is 0. The van der Waals surface area contributed by atoms with Gasteiger partial charge in [0.2, 0.25) is 0 Å². The standard InChI is InChI=1S/C16H16N2OS2.ClH/c1-10-9-17-6-7-18(10)16(19)14-8-13-15(21-14)11-4-2-3-5-12(11)20-13;/h2-5,8,10,17H,6-7,9H2,1H3;1H/t10-;/m1./s1. The van der Waals surface area contributed by atoms with E-state index < -0.39 is 0 Å². The fourth-order valence-electron chi connectivity index (χ4n) is 2.89. The lowest BCUT2D eigenvalue weighted by atomic mass is 10.2. The van der Waals surface area contributed by atoms with E-state index in [2.05, 4.69) is 42.6 Å². The summed E-state index contributed by atoms with van der Waals surface area (Å²) in [7, 11) is 0. The molecule has 2 aromatic heterocycles. The molecule has 0 bridgehead atoms. The van der Waals surface area contributed by atoms with Crippen LogP contribution in [0, 0.1) is 0 Å². The van der Waals surface area contributed by atoms with Crippen LogP contribution in [-0.2, 0) is 0 Å². The Morgan fingerprint density at radius 3 is 2.91 bits per heavy atom. The van der Waals surface area contributed by atoms with Gasteiger partial charge in [0, 0.05) is 40.5 Å². The van der Waals surface area contributed by atoms with Gasteiger partial charge in [-0.25, -0.2) is 0 Å². The summed E-state index contributed by atoms with van der Waals surface area (Å²) in [5.74, 6) is 0.182. The van der Waals surface area contributed by atoms with E-state index in [4.69, 9.17) is 0 Å². The number of amides is 1. The van der Waals surface area contributed by atoms with Crippen molar-refractivity contribution in [2.24, 2.45) is 0 Å². The summed E-state index contributed by atoms with van der Waals surface area (Å²) in [6.45, 7) is 4.68. The smallest absolute Gasteiger partial charge is 0.264 e. The Bertz CT molecular complexity index is 826.